The van der Waals surface area contributed by atoms with Crippen LogP contribution in [0, 0.1) is 0 Å². The molecule has 0 unspecified atom stereocenters. The topological polar surface area (TPSA) is 86.7 Å². The molecule has 0 saturated heterocycles. The van der Waals surface area contributed by atoms with Crippen molar-refractivity contribution in [3.05, 3.63) is 54.1 Å². The van der Waals surface area contributed by atoms with Gasteiger partial charge in [-0.2, -0.15) is 0 Å². The van der Waals surface area contributed by atoms with E-state index in [9.17, 15) is 19.5 Å². The number of nitrogens with one attached hydrogen (secondary N) is 1. The molecule has 2 aromatic rings. The number of nitrogens with zero attached hydrogens (tertiary/aromatic N) is 1. The van der Waals surface area contributed by atoms with Gasteiger partial charge in [0.05, 0.1) is 0 Å². The Morgan fingerprint density at radius 2 is 1.70 bits per heavy atom. The zero-order valence-corrected chi connectivity index (χ0v) is 12.7. The first kappa shape index (κ1) is 16.2. The van der Waals surface area contributed by atoms with E-state index in [1.165, 1.54) is 49.2 Å². The molecule has 0 aliphatic heterocycles. The first-order valence-corrected chi connectivity index (χ1v) is 6.87. The Balaban J connectivity index is 2.10. The highest BCUT2D eigenvalue weighted by Crippen LogP contribution is 2.18. The van der Waals surface area contributed by atoms with E-state index in [4.69, 9.17) is 0 Å². The lowest BCUT2D eigenvalue weighted by Crippen LogP contribution is -2.37. The van der Waals surface area contributed by atoms with Gasteiger partial charge in [0, 0.05) is 24.0 Å². The zero-order valence-electron chi connectivity index (χ0n) is 12.7. The number of likely N-dealkylation sites (N-methyl/N-ethyl adjacent to an activating group) is 1. The first-order chi connectivity index (χ1) is 10.9. The largest absolute Gasteiger partial charge is 0.508 e. The minimum absolute atomic E-state index is 0.0695. The minimum Gasteiger partial charge on any atom is -0.508 e. The average molecular weight is 312 g/mol. The van der Waals surface area contributed by atoms with Gasteiger partial charge in [0.1, 0.15) is 5.75 Å². The molecule has 0 bridgehead atoms. The second-order valence-corrected chi connectivity index (χ2v) is 4.97. The number of carbonyl (C=O) groups excluding carboxylic acids is 3. The molecule has 0 saturated carbocycles. The molecule has 2 amide bonds. The maximum Gasteiger partial charge on any atom is 0.316 e. The zero-order chi connectivity index (χ0) is 17.0. The summed E-state index contributed by atoms with van der Waals surface area (Å²) in [6, 6.07) is 12.3. The van der Waals surface area contributed by atoms with Crippen LogP contribution in [0.1, 0.15) is 17.3 Å². The van der Waals surface area contributed by atoms with E-state index in [0.717, 1.165) is 0 Å². The van der Waals surface area contributed by atoms with Crippen LogP contribution in [0.5, 0.6) is 5.75 Å². The lowest BCUT2D eigenvalue weighted by molar-refractivity contribution is -0.134. The molecule has 2 N–H and O–H groups in total. The van der Waals surface area contributed by atoms with Crippen molar-refractivity contribution >= 4 is 29.0 Å². The molecule has 0 aromatic heterocycles. The Labute approximate surface area is 133 Å². The fourth-order valence-corrected chi connectivity index (χ4v) is 1.95. The van der Waals surface area contributed by atoms with Gasteiger partial charge in [-0.3, -0.25) is 14.4 Å². The number of phenols is 1. The summed E-state index contributed by atoms with van der Waals surface area (Å²) in [6.07, 6.45) is 0. The standard InChI is InChI=1S/C17H16N2O4/c1-11(20)12-4-3-5-13(10-12)18-16(22)17(23)19(2)14-6-8-15(21)9-7-14/h3-10,21H,1-2H3,(H,18,22). The van der Waals surface area contributed by atoms with E-state index < -0.39 is 11.8 Å². The van der Waals surface area contributed by atoms with Gasteiger partial charge in [0.2, 0.25) is 0 Å². The van der Waals surface area contributed by atoms with Crippen molar-refractivity contribution in [2.24, 2.45) is 0 Å². The highest BCUT2D eigenvalue weighted by molar-refractivity contribution is 6.44. The molecule has 0 radical (unpaired) electrons. The van der Waals surface area contributed by atoms with Gasteiger partial charge in [-0.1, -0.05) is 12.1 Å². The summed E-state index contributed by atoms with van der Waals surface area (Å²) in [5.74, 6) is -1.64. The summed E-state index contributed by atoms with van der Waals surface area (Å²) in [7, 11) is 1.46. The van der Waals surface area contributed by atoms with Crippen LogP contribution in [0.15, 0.2) is 48.5 Å². The second-order valence-electron chi connectivity index (χ2n) is 4.97. The third kappa shape index (κ3) is 3.94. The third-order valence-corrected chi connectivity index (χ3v) is 3.26. The van der Waals surface area contributed by atoms with Crippen molar-refractivity contribution in [3.8, 4) is 5.75 Å². The van der Waals surface area contributed by atoms with Crippen molar-refractivity contribution in [2.45, 2.75) is 6.92 Å². The monoisotopic (exact) mass is 312 g/mol. The van der Waals surface area contributed by atoms with Gasteiger partial charge in [0.25, 0.3) is 0 Å². The Hall–Kier alpha value is -3.15. The smallest absolute Gasteiger partial charge is 0.316 e. The predicted octanol–water partition coefficient (Wildman–Crippen LogP) is 2.20. The number of hydrogen-bond donors (Lipinski definition) is 2. The van der Waals surface area contributed by atoms with Crippen molar-refractivity contribution < 1.29 is 19.5 Å². The van der Waals surface area contributed by atoms with Crippen molar-refractivity contribution in [1.29, 1.82) is 0 Å². The fourth-order valence-electron chi connectivity index (χ4n) is 1.95. The molecule has 0 aliphatic carbocycles. The Morgan fingerprint density at radius 1 is 1.04 bits per heavy atom. The SMILES string of the molecule is CC(=O)c1cccc(NC(=O)C(=O)N(C)c2ccc(O)cc2)c1. The number of Topliss-reactive ketones (excluding diaryl/α,β-unsaturated/α-hetero) is 1. The Bertz CT molecular complexity index is 753. The summed E-state index contributed by atoms with van der Waals surface area (Å²) in [6.45, 7) is 1.42. The van der Waals surface area contributed by atoms with Gasteiger partial charge >= 0.3 is 11.8 Å². The molecule has 6 nitrogen and oxygen atoms in total. The lowest BCUT2D eigenvalue weighted by Gasteiger charge is -2.17. The number of rotatable bonds is 3. The molecular weight excluding hydrogens is 296 g/mol. The molecule has 6 heteroatoms. The molecule has 0 atom stereocenters. The fraction of sp³-hybridized carbons (Fsp3) is 0.118. The molecule has 0 fully saturated rings. The van der Waals surface area contributed by atoms with Crippen LogP contribution in [0.2, 0.25) is 0 Å². The van der Waals surface area contributed by atoms with E-state index in [-0.39, 0.29) is 11.5 Å². The molecule has 2 aromatic carbocycles. The molecular formula is C17H16N2O4. The molecule has 0 aliphatic rings. The predicted molar refractivity (Wildman–Crippen MR) is 86.6 cm³/mol. The van der Waals surface area contributed by atoms with E-state index in [1.807, 2.05) is 0 Å². The van der Waals surface area contributed by atoms with Crippen LogP contribution in [-0.4, -0.2) is 29.8 Å². The maximum atomic E-state index is 12.1. The maximum absolute atomic E-state index is 12.1. The number of anilines is 2. The summed E-state index contributed by atoms with van der Waals surface area (Å²) in [5.41, 5.74) is 1.29. The Morgan fingerprint density at radius 3 is 2.30 bits per heavy atom. The number of hydrogen-bond acceptors (Lipinski definition) is 4. The van der Waals surface area contributed by atoms with Crippen LogP contribution >= 0.6 is 0 Å². The Kier molecular flexibility index (Phi) is 4.75. The first-order valence-electron chi connectivity index (χ1n) is 6.87. The van der Waals surface area contributed by atoms with Crippen LogP contribution in [0.3, 0.4) is 0 Å². The molecule has 118 valence electrons. The van der Waals surface area contributed by atoms with Crippen LogP contribution in [0.4, 0.5) is 11.4 Å². The van der Waals surface area contributed by atoms with Gasteiger partial charge < -0.3 is 15.3 Å². The number of benzene rings is 2. The average Bonchev–Trinajstić information content (AvgIpc) is 2.54. The molecule has 2 rings (SSSR count). The molecule has 0 spiro atoms. The highest BCUT2D eigenvalue weighted by Gasteiger charge is 2.20. The van der Waals surface area contributed by atoms with Crippen LogP contribution in [0.25, 0.3) is 0 Å². The number of ketones is 1. The van der Waals surface area contributed by atoms with E-state index in [1.54, 1.807) is 18.2 Å². The summed E-state index contributed by atoms with van der Waals surface area (Å²) in [4.78, 5) is 36.7. The van der Waals surface area contributed by atoms with Gasteiger partial charge in [0.15, 0.2) is 5.78 Å². The summed E-state index contributed by atoms with van der Waals surface area (Å²) < 4.78 is 0. The van der Waals surface area contributed by atoms with Crippen molar-refractivity contribution in [1.82, 2.24) is 0 Å². The van der Waals surface area contributed by atoms with Crippen molar-refractivity contribution in [3.63, 3.8) is 0 Å². The van der Waals surface area contributed by atoms with Gasteiger partial charge in [-0.05, 0) is 43.3 Å². The number of carbonyl (C=O) groups is 3. The summed E-state index contributed by atoms with van der Waals surface area (Å²) in [5, 5.41) is 11.7. The second kappa shape index (κ2) is 6.74. The van der Waals surface area contributed by atoms with E-state index in [0.29, 0.717) is 16.9 Å². The van der Waals surface area contributed by atoms with Gasteiger partial charge in [-0.25, -0.2) is 0 Å². The third-order valence-electron chi connectivity index (χ3n) is 3.26. The van der Waals surface area contributed by atoms with Gasteiger partial charge in [-0.15, -0.1) is 0 Å². The highest BCUT2D eigenvalue weighted by atomic mass is 16.3. The lowest BCUT2D eigenvalue weighted by atomic mass is 10.1. The van der Waals surface area contributed by atoms with Crippen LogP contribution < -0.4 is 10.2 Å². The van der Waals surface area contributed by atoms with Crippen molar-refractivity contribution in [2.75, 3.05) is 17.3 Å². The number of aromatic hydroxyl groups is 1. The number of amides is 2. The summed E-state index contributed by atoms with van der Waals surface area (Å²) >= 11 is 0. The molecule has 0 heterocycles. The van der Waals surface area contributed by atoms with Crippen LogP contribution in [-0.2, 0) is 9.59 Å². The molecule has 23 heavy (non-hydrogen) atoms. The quantitative estimate of drug-likeness (QED) is 0.672. The number of phenolic OH excluding ortho intramolecular Hbond substituents is 1. The normalized spacial score (nSPS) is 10.0. The van der Waals surface area contributed by atoms with E-state index in [2.05, 4.69) is 5.32 Å². The van der Waals surface area contributed by atoms with E-state index >= 15 is 0 Å². The minimum atomic E-state index is -0.818.